The minimum Gasteiger partial charge on any atom is -0.461 e. The van der Waals surface area contributed by atoms with E-state index in [1.54, 1.807) is 48.5 Å². The van der Waals surface area contributed by atoms with Crippen LogP contribution in [0.2, 0.25) is 10.0 Å². The second kappa shape index (κ2) is 11.6. The number of hydrogen-bond acceptors (Lipinski definition) is 4. The van der Waals surface area contributed by atoms with Gasteiger partial charge in [0, 0.05) is 28.4 Å². The summed E-state index contributed by atoms with van der Waals surface area (Å²) in [7, 11) is 0. The quantitative estimate of drug-likeness (QED) is 0.438. The van der Waals surface area contributed by atoms with Gasteiger partial charge in [0.15, 0.2) is 0 Å². The van der Waals surface area contributed by atoms with Crippen LogP contribution in [0.25, 0.3) is 6.08 Å². The first-order chi connectivity index (χ1) is 13.9. The topological polar surface area (TPSA) is 58.6 Å². The molecule has 29 heavy (non-hydrogen) atoms. The van der Waals surface area contributed by atoms with Crippen LogP contribution in [0.5, 0.6) is 0 Å². The average molecular weight is 435 g/mol. The standard InChI is InChI=1S/C22H24Cl2N2O3/c1-3-26(4-2)13-14-29-22(28)17-6-10-19(11-7-17)25-21(27)12-8-16-5-9-18(23)15-20(16)24/h5-12,15H,3-4,13-14H2,1-2H3,(H,25,27)/b12-8+. The van der Waals surface area contributed by atoms with Crippen LogP contribution in [-0.4, -0.2) is 43.0 Å². The number of likely N-dealkylation sites (N-methyl/N-ethyl adjacent to an activating group) is 1. The summed E-state index contributed by atoms with van der Waals surface area (Å²) >= 11 is 11.9. The lowest BCUT2D eigenvalue weighted by atomic mass is 10.2. The Balaban J connectivity index is 1.87. The number of amides is 1. The predicted molar refractivity (Wildman–Crippen MR) is 119 cm³/mol. The van der Waals surface area contributed by atoms with Crippen LogP contribution in [0.4, 0.5) is 5.69 Å². The van der Waals surface area contributed by atoms with Crippen LogP contribution >= 0.6 is 23.2 Å². The molecule has 0 unspecified atom stereocenters. The molecule has 0 spiro atoms. The maximum absolute atomic E-state index is 12.1. The number of benzene rings is 2. The minimum absolute atomic E-state index is 0.314. The lowest BCUT2D eigenvalue weighted by molar-refractivity contribution is -0.111. The Bertz CT molecular complexity index is 863. The zero-order valence-corrected chi connectivity index (χ0v) is 18.0. The third-order valence-electron chi connectivity index (χ3n) is 4.30. The number of esters is 1. The van der Waals surface area contributed by atoms with E-state index in [9.17, 15) is 9.59 Å². The number of nitrogens with one attached hydrogen (secondary N) is 1. The first-order valence-electron chi connectivity index (χ1n) is 9.36. The highest BCUT2D eigenvalue weighted by atomic mass is 35.5. The largest absolute Gasteiger partial charge is 0.461 e. The van der Waals surface area contributed by atoms with Crippen LogP contribution in [0.1, 0.15) is 29.8 Å². The number of carbonyl (C=O) groups excluding carboxylic acids is 2. The molecule has 2 rings (SSSR count). The number of carbonyl (C=O) groups is 2. The van der Waals surface area contributed by atoms with Crippen LogP contribution in [0.3, 0.4) is 0 Å². The van der Waals surface area contributed by atoms with Crippen molar-refractivity contribution >= 4 is 46.8 Å². The van der Waals surface area contributed by atoms with Crippen molar-refractivity contribution in [3.05, 3.63) is 69.7 Å². The smallest absolute Gasteiger partial charge is 0.338 e. The molecule has 0 aliphatic carbocycles. The fourth-order valence-electron chi connectivity index (χ4n) is 2.57. The molecule has 0 fully saturated rings. The van der Waals surface area contributed by atoms with E-state index in [4.69, 9.17) is 27.9 Å². The molecule has 2 aromatic rings. The minimum atomic E-state index is -0.382. The van der Waals surface area contributed by atoms with E-state index in [0.29, 0.717) is 40.0 Å². The molecule has 1 N–H and O–H groups in total. The van der Waals surface area contributed by atoms with Gasteiger partial charge in [0.2, 0.25) is 5.91 Å². The fourth-order valence-corrected chi connectivity index (χ4v) is 3.04. The highest BCUT2D eigenvalue weighted by molar-refractivity contribution is 6.35. The maximum atomic E-state index is 12.1. The summed E-state index contributed by atoms with van der Waals surface area (Å²) in [5.41, 5.74) is 1.70. The fraction of sp³-hybridized carbons (Fsp3) is 0.273. The number of nitrogens with zero attached hydrogens (tertiary/aromatic N) is 1. The molecule has 0 saturated heterocycles. The molecule has 5 nitrogen and oxygen atoms in total. The molecular weight excluding hydrogens is 411 g/mol. The van der Waals surface area contributed by atoms with Crippen molar-refractivity contribution < 1.29 is 14.3 Å². The van der Waals surface area contributed by atoms with Crippen LogP contribution in [0.15, 0.2) is 48.5 Å². The predicted octanol–water partition coefficient (Wildman–Crippen LogP) is 5.14. The summed E-state index contributed by atoms with van der Waals surface area (Å²) in [6, 6.07) is 11.6. The maximum Gasteiger partial charge on any atom is 0.338 e. The summed E-state index contributed by atoms with van der Waals surface area (Å²) in [6.45, 7) is 7.02. The number of rotatable bonds is 9. The Labute approximate surface area is 181 Å². The van der Waals surface area contributed by atoms with E-state index in [2.05, 4.69) is 24.1 Å². The van der Waals surface area contributed by atoms with Crippen LogP contribution < -0.4 is 5.32 Å². The molecular formula is C22H24Cl2N2O3. The van der Waals surface area contributed by atoms with Crippen molar-refractivity contribution in [1.29, 1.82) is 0 Å². The molecule has 0 bridgehead atoms. The van der Waals surface area contributed by atoms with E-state index >= 15 is 0 Å². The number of halogens is 2. The molecule has 0 aliphatic heterocycles. The Hall–Kier alpha value is -2.34. The Morgan fingerprint density at radius 3 is 2.38 bits per heavy atom. The average Bonchev–Trinajstić information content (AvgIpc) is 2.71. The normalized spacial score (nSPS) is 11.1. The lowest BCUT2D eigenvalue weighted by Crippen LogP contribution is -2.27. The van der Waals surface area contributed by atoms with Crippen molar-refractivity contribution in [3.63, 3.8) is 0 Å². The second-order valence-corrected chi connectivity index (χ2v) is 7.07. The van der Waals surface area contributed by atoms with Gasteiger partial charge in [0.25, 0.3) is 0 Å². The van der Waals surface area contributed by atoms with Gasteiger partial charge in [-0.15, -0.1) is 0 Å². The number of anilines is 1. The highest BCUT2D eigenvalue weighted by Crippen LogP contribution is 2.22. The molecule has 0 atom stereocenters. The van der Waals surface area contributed by atoms with Gasteiger partial charge >= 0.3 is 5.97 Å². The SMILES string of the molecule is CCN(CC)CCOC(=O)c1ccc(NC(=O)/C=C/c2ccc(Cl)cc2Cl)cc1. The van der Waals surface area contributed by atoms with E-state index in [0.717, 1.165) is 13.1 Å². The van der Waals surface area contributed by atoms with Crippen molar-refractivity contribution in [2.45, 2.75) is 13.8 Å². The highest BCUT2D eigenvalue weighted by Gasteiger charge is 2.08. The zero-order chi connectivity index (χ0) is 21.2. The summed E-state index contributed by atoms with van der Waals surface area (Å²) < 4.78 is 5.29. The van der Waals surface area contributed by atoms with Crippen LogP contribution in [-0.2, 0) is 9.53 Å². The monoisotopic (exact) mass is 434 g/mol. The van der Waals surface area contributed by atoms with Gasteiger partial charge in [-0.25, -0.2) is 4.79 Å². The molecule has 0 aromatic heterocycles. The molecule has 1 amide bonds. The summed E-state index contributed by atoms with van der Waals surface area (Å²) in [5.74, 6) is -0.696. The lowest BCUT2D eigenvalue weighted by Gasteiger charge is -2.17. The first-order valence-corrected chi connectivity index (χ1v) is 10.1. The Morgan fingerprint density at radius 1 is 1.07 bits per heavy atom. The van der Waals surface area contributed by atoms with E-state index in [1.165, 1.54) is 6.08 Å². The Kier molecular flexibility index (Phi) is 9.19. The molecule has 7 heteroatoms. The van der Waals surface area contributed by atoms with E-state index in [-0.39, 0.29) is 11.9 Å². The Morgan fingerprint density at radius 2 is 1.76 bits per heavy atom. The van der Waals surface area contributed by atoms with Gasteiger partial charge in [-0.1, -0.05) is 43.1 Å². The molecule has 0 radical (unpaired) electrons. The summed E-state index contributed by atoms with van der Waals surface area (Å²) in [6.07, 6.45) is 2.99. The van der Waals surface area contributed by atoms with Gasteiger partial charge in [-0.05, 0) is 61.1 Å². The van der Waals surface area contributed by atoms with Crippen LogP contribution in [0, 0.1) is 0 Å². The molecule has 0 aliphatic rings. The van der Waals surface area contributed by atoms with Gasteiger partial charge in [-0.2, -0.15) is 0 Å². The van der Waals surface area contributed by atoms with Crippen molar-refractivity contribution in [3.8, 4) is 0 Å². The van der Waals surface area contributed by atoms with E-state index in [1.807, 2.05) is 0 Å². The number of ether oxygens (including phenoxy) is 1. The summed E-state index contributed by atoms with van der Waals surface area (Å²) in [5, 5.41) is 3.72. The van der Waals surface area contributed by atoms with Gasteiger partial charge < -0.3 is 15.0 Å². The van der Waals surface area contributed by atoms with E-state index < -0.39 is 0 Å². The molecule has 0 saturated carbocycles. The zero-order valence-electron chi connectivity index (χ0n) is 16.5. The number of hydrogen-bond donors (Lipinski definition) is 1. The van der Waals surface area contributed by atoms with Gasteiger partial charge in [-0.3, -0.25) is 4.79 Å². The molecule has 0 heterocycles. The van der Waals surface area contributed by atoms with Crippen molar-refractivity contribution in [2.24, 2.45) is 0 Å². The molecule has 2 aromatic carbocycles. The van der Waals surface area contributed by atoms with Gasteiger partial charge in [0.1, 0.15) is 6.61 Å². The first kappa shape index (κ1) is 22.9. The van der Waals surface area contributed by atoms with Crippen molar-refractivity contribution in [2.75, 3.05) is 31.6 Å². The third-order valence-corrected chi connectivity index (χ3v) is 4.86. The van der Waals surface area contributed by atoms with Gasteiger partial charge in [0.05, 0.1) is 5.56 Å². The summed E-state index contributed by atoms with van der Waals surface area (Å²) in [4.78, 5) is 26.3. The second-order valence-electron chi connectivity index (χ2n) is 6.23. The molecule has 154 valence electrons. The van der Waals surface area contributed by atoms with Crippen molar-refractivity contribution in [1.82, 2.24) is 4.90 Å². The third kappa shape index (κ3) is 7.54.